The fourth-order valence-electron chi connectivity index (χ4n) is 2.50. The van der Waals surface area contributed by atoms with Gasteiger partial charge in [-0.2, -0.15) is 0 Å². The van der Waals surface area contributed by atoms with E-state index < -0.39 is 0 Å². The second-order valence-corrected chi connectivity index (χ2v) is 5.57. The number of piperazine rings is 1. The lowest BCUT2D eigenvalue weighted by atomic mass is 10.1. The molecule has 0 bridgehead atoms. The molecule has 20 heavy (non-hydrogen) atoms. The van der Waals surface area contributed by atoms with Gasteiger partial charge in [0.05, 0.1) is 6.54 Å². The van der Waals surface area contributed by atoms with Gasteiger partial charge in [-0.15, -0.1) is 0 Å². The molecule has 1 aliphatic rings. The van der Waals surface area contributed by atoms with Crippen LogP contribution in [0.3, 0.4) is 0 Å². The Morgan fingerprint density at radius 3 is 2.10 bits per heavy atom. The SMILES string of the molecule is CCN1CCN(CC(=O)c2ccc(N(C)C)cc2)CC1. The van der Waals surface area contributed by atoms with Crippen molar-refractivity contribution in [1.29, 1.82) is 0 Å². The van der Waals surface area contributed by atoms with Crippen molar-refractivity contribution in [3.05, 3.63) is 29.8 Å². The lowest BCUT2D eigenvalue weighted by Gasteiger charge is -2.33. The van der Waals surface area contributed by atoms with E-state index in [0.717, 1.165) is 44.0 Å². The van der Waals surface area contributed by atoms with Crippen LogP contribution in [0.1, 0.15) is 17.3 Å². The molecule has 1 fully saturated rings. The Hall–Kier alpha value is -1.39. The van der Waals surface area contributed by atoms with E-state index in [9.17, 15) is 4.79 Å². The van der Waals surface area contributed by atoms with Gasteiger partial charge in [-0.05, 0) is 30.8 Å². The van der Waals surface area contributed by atoms with Crippen molar-refractivity contribution in [2.45, 2.75) is 6.92 Å². The number of ketones is 1. The molecule has 4 nitrogen and oxygen atoms in total. The molecule has 0 atom stereocenters. The molecule has 0 aliphatic carbocycles. The van der Waals surface area contributed by atoms with Crippen molar-refractivity contribution < 1.29 is 4.79 Å². The summed E-state index contributed by atoms with van der Waals surface area (Å²) in [5.74, 6) is 0.222. The number of nitrogens with zero attached hydrogens (tertiary/aromatic N) is 3. The van der Waals surface area contributed by atoms with Crippen LogP contribution in [-0.4, -0.2) is 68.9 Å². The van der Waals surface area contributed by atoms with Crippen LogP contribution < -0.4 is 4.90 Å². The zero-order valence-electron chi connectivity index (χ0n) is 12.8. The molecule has 1 aromatic rings. The zero-order chi connectivity index (χ0) is 14.5. The van der Waals surface area contributed by atoms with Gasteiger partial charge in [-0.3, -0.25) is 9.69 Å². The number of carbonyl (C=O) groups is 1. The van der Waals surface area contributed by atoms with E-state index in [4.69, 9.17) is 0 Å². The van der Waals surface area contributed by atoms with E-state index in [2.05, 4.69) is 16.7 Å². The predicted molar refractivity (Wildman–Crippen MR) is 83.7 cm³/mol. The van der Waals surface area contributed by atoms with Crippen LogP contribution >= 0.6 is 0 Å². The topological polar surface area (TPSA) is 26.8 Å². The minimum absolute atomic E-state index is 0.222. The molecule has 1 heterocycles. The summed E-state index contributed by atoms with van der Waals surface area (Å²) in [5, 5.41) is 0. The molecule has 2 rings (SSSR count). The Labute approximate surface area is 122 Å². The van der Waals surface area contributed by atoms with Gasteiger partial charge in [-0.1, -0.05) is 6.92 Å². The Kier molecular flexibility index (Phi) is 5.15. The fraction of sp³-hybridized carbons (Fsp3) is 0.562. The van der Waals surface area contributed by atoms with Crippen LogP contribution in [0, 0.1) is 0 Å². The normalized spacial score (nSPS) is 17.1. The quantitative estimate of drug-likeness (QED) is 0.762. The number of hydrogen-bond donors (Lipinski definition) is 0. The molecular weight excluding hydrogens is 250 g/mol. The van der Waals surface area contributed by atoms with Gasteiger partial charge in [0.25, 0.3) is 0 Å². The van der Waals surface area contributed by atoms with E-state index >= 15 is 0 Å². The maximum atomic E-state index is 12.3. The molecule has 0 saturated carbocycles. The largest absolute Gasteiger partial charge is 0.378 e. The first kappa shape index (κ1) is 15.0. The summed E-state index contributed by atoms with van der Waals surface area (Å²) in [5.41, 5.74) is 1.94. The fourth-order valence-corrected chi connectivity index (χ4v) is 2.50. The Bertz CT molecular complexity index is 434. The number of Topliss-reactive ketones (excluding diaryl/α,β-unsaturated/α-hetero) is 1. The average Bonchev–Trinajstić information content (AvgIpc) is 2.48. The third-order valence-corrected chi connectivity index (χ3v) is 3.99. The van der Waals surface area contributed by atoms with Crippen molar-refractivity contribution in [1.82, 2.24) is 9.80 Å². The van der Waals surface area contributed by atoms with E-state index in [1.54, 1.807) is 0 Å². The molecule has 0 spiro atoms. The van der Waals surface area contributed by atoms with Gasteiger partial charge < -0.3 is 9.80 Å². The Morgan fingerprint density at radius 1 is 1.05 bits per heavy atom. The van der Waals surface area contributed by atoms with Crippen LogP contribution in [0.4, 0.5) is 5.69 Å². The van der Waals surface area contributed by atoms with E-state index in [1.807, 2.05) is 43.3 Å². The molecule has 110 valence electrons. The van der Waals surface area contributed by atoms with Crippen LogP contribution in [0.2, 0.25) is 0 Å². The van der Waals surface area contributed by atoms with Gasteiger partial charge in [0.1, 0.15) is 0 Å². The van der Waals surface area contributed by atoms with Crippen LogP contribution in [-0.2, 0) is 0 Å². The molecule has 1 aromatic carbocycles. The number of rotatable bonds is 5. The van der Waals surface area contributed by atoms with Crippen molar-refractivity contribution in [2.75, 3.05) is 58.3 Å². The molecule has 0 amide bonds. The summed E-state index contributed by atoms with van der Waals surface area (Å²) < 4.78 is 0. The van der Waals surface area contributed by atoms with Crippen LogP contribution in [0.5, 0.6) is 0 Å². The standard InChI is InChI=1S/C16H25N3O/c1-4-18-9-11-19(12-10-18)13-16(20)14-5-7-15(8-6-14)17(2)3/h5-8H,4,9-13H2,1-3H3. The summed E-state index contributed by atoms with van der Waals surface area (Å²) in [7, 11) is 4.01. The van der Waals surface area contributed by atoms with E-state index in [-0.39, 0.29) is 5.78 Å². The van der Waals surface area contributed by atoms with Crippen molar-refractivity contribution >= 4 is 11.5 Å². The Morgan fingerprint density at radius 2 is 1.60 bits per heavy atom. The van der Waals surface area contributed by atoms with Crippen molar-refractivity contribution in [3.63, 3.8) is 0 Å². The molecule has 0 radical (unpaired) electrons. The minimum atomic E-state index is 0.222. The van der Waals surface area contributed by atoms with E-state index in [0.29, 0.717) is 6.54 Å². The molecular formula is C16H25N3O. The number of anilines is 1. The lowest BCUT2D eigenvalue weighted by Crippen LogP contribution is -2.47. The summed E-state index contributed by atoms with van der Waals surface area (Å²) in [6.45, 7) is 7.97. The van der Waals surface area contributed by atoms with Crippen molar-refractivity contribution in [3.8, 4) is 0 Å². The van der Waals surface area contributed by atoms with Crippen LogP contribution in [0.25, 0.3) is 0 Å². The number of benzene rings is 1. The third-order valence-electron chi connectivity index (χ3n) is 3.99. The number of likely N-dealkylation sites (N-methyl/N-ethyl adjacent to an activating group) is 1. The maximum absolute atomic E-state index is 12.3. The number of hydrogen-bond acceptors (Lipinski definition) is 4. The highest BCUT2D eigenvalue weighted by molar-refractivity contribution is 5.97. The molecule has 4 heteroatoms. The van der Waals surface area contributed by atoms with E-state index in [1.165, 1.54) is 0 Å². The number of carbonyl (C=O) groups excluding carboxylic acids is 1. The molecule has 1 saturated heterocycles. The second kappa shape index (κ2) is 6.86. The Balaban J connectivity index is 1.88. The van der Waals surface area contributed by atoms with Gasteiger partial charge in [0, 0.05) is 51.5 Å². The monoisotopic (exact) mass is 275 g/mol. The van der Waals surface area contributed by atoms with Gasteiger partial charge in [0.15, 0.2) is 5.78 Å². The molecule has 0 aromatic heterocycles. The van der Waals surface area contributed by atoms with Gasteiger partial charge >= 0.3 is 0 Å². The second-order valence-electron chi connectivity index (χ2n) is 5.57. The third kappa shape index (κ3) is 3.81. The average molecular weight is 275 g/mol. The zero-order valence-corrected chi connectivity index (χ0v) is 12.8. The van der Waals surface area contributed by atoms with Crippen LogP contribution in [0.15, 0.2) is 24.3 Å². The van der Waals surface area contributed by atoms with Gasteiger partial charge in [-0.25, -0.2) is 0 Å². The highest BCUT2D eigenvalue weighted by atomic mass is 16.1. The summed E-state index contributed by atoms with van der Waals surface area (Å²) >= 11 is 0. The predicted octanol–water partition coefficient (Wildman–Crippen LogP) is 1.57. The first-order valence-corrected chi connectivity index (χ1v) is 7.35. The smallest absolute Gasteiger partial charge is 0.176 e. The highest BCUT2D eigenvalue weighted by Gasteiger charge is 2.18. The summed E-state index contributed by atoms with van der Waals surface area (Å²) in [6.07, 6.45) is 0. The highest BCUT2D eigenvalue weighted by Crippen LogP contribution is 2.13. The molecule has 1 aliphatic heterocycles. The summed E-state index contributed by atoms with van der Waals surface area (Å²) in [4.78, 5) is 19.0. The minimum Gasteiger partial charge on any atom is -0.378 e. The lowest BCUT2D eigenvalue weighted by molar-refractivity contribution is 0.0859. The molecule has 0 unspecified atom stereocenters. The van der Waals surface area contributed by atoms with Crippen molar-refractivity contribution in [2.24, 2.45) is 0 Å². The van der Waals surface area contributed by atoms with Gasteiger partial charge in [0.2, 0.25) is 0 Å². The maximum Gasteiger partial charge on any atom is 0.176 e. The summed E-state index contributed by atoms with van der Waals surface area (Å²) in [6, 6.07) is 7.87. The first-order valence-electron chi connectivity index (χ1n) is 7.35. The molecule has 0 N–H and O–H groups in total. The first-order chi connectivity index (χ1) is 9.60.